The van der Waals surface area contributed by atoms with Crippen LogP contribution in [-0.4, -0.2) is 22.6 Å². The predicted molar refractivity (Wildman–Crippen MR) is 53.8 cm³/mol. The molecule has 0 atom stereocenters. The normalized spacial score (nSPS) is 11.9. The zero-order valence-electron chi connectivity index (χ0n) is 7.20. The first kappa shape index (κ1) is 11.6. The van der Waals surface area contributed by atoms with Gasteiger partial charge in [-0.25, -0.2) is 0 Å². The van der Waals surface area contributed by atoms with Crippen molar-refractivity contribution in [3.05, 3.63) is 0 Å². The summed E-state index contributed by atoms with van der Waals surface area (Å²) < 4.78 is 0. The van der Waals surface area contributed by atoms with E-state index in [9.17, 15) is 0 Å². The Labute approximate surface area is 77.4 Å². The number of hydrogen-bond donors (Lipinski definition) is 3. The van der Waals surface area contributed by atoms with Crippen molar-refractivity contribution in [2.75, 3.05) is 12.4 Å². The third kappa shape index (κ3) is 7.68. The van der Waals surface area contributed by atoms with Crippen LogP contribution >= 0.6 is 11.8 Å². The van der Waals surface area contributed by atoms with Gasteiger partial charge in [0.15, 0.2) is 5.17 Å². The van der Waals surface area contributed by atoms with Crippen molar-refractivity contribution in [1.82, 2.24) is 0 Å². The van der Waals surface area contributed by atoms with E-state index in [0.717, 1.165) is 31.4 Å². The molecule has 4 nitrogen and oxygen atoms in total. The Bertz CT molecular complexity index is 130. The fourth-order valence-electron chi connectivity index (χ4n) is 0.781. The lowest BCUT2D eigenvalue weighted by Gasteiger charge is -1.99. The van der Waals surface area contributed by atoms with Gasteiger partial charge < -0.3 is 16.7 Å². The summed E-state index contributed by atoms with van der Waals surface area (Å²) in [6.45, 7) is 0.291. The van der Waals surface area contributed by atoms with E-state index in [1.165, 1.54) is 11.8 Å². The van der Waals surface area contributed by atoms with Crippen molar-refractivity contribution in [3.63, 3.8) is 0 Å². The molecule has 0 fully saturated rings. The summed E-state index contributed by atoms with van der Waals surface area (Å²) >= 11 is 1.47. The average molecular weight is 191 g/mol. The van der Waals surface area contributed by atoms with Crippen molar-refractivity contribution >= 4 is 16.9 Å². The van der Waals surface area contributed by atoms with Gasteiger partial charge in [0.05, 0.1) is 0 Å². The fraction of sp³-hybridized carbons (Fsp3) is 0.857. The molecular formula is C7H17N3OS. The van der Waals surface area contributed by atoms with Gasteiger partial charge in [0.25, 0.3) is 0 Å². The molecule has 0 heterocycles. The van der Waals surface area contributed by atoms with Crippen molar-refractivity contribution in [2.45, 2.75) is 25.7 Å². The first-order chi connectivity index (χ1) is 5.81. The quantitative estimate of drug-likeness (QED) is 0.187. The Hall–Kier alpha value is -0.420. The number of amidine groups is 1. The minimum atomic E-state index is 0.291. The minimum absolute atomic E-state index is 0.291. The van der Waals surface area contributed by atoms with Crippen LogP contribution in [0.25, 0.3) is 0 Å². The monoisotopic (exact) mass is 191 g/mol. The number of aliphatic hydroxyl groups excluding tert-OH is 1. The highest BCUT2D eigenvalue weighted by atomic mass is 32.2. The van der Waals surface area contributed by atoms with E-state index in [1.54, 1.807) is 0 Å². The lowest BCUT2D eigenvalue weighted by molar-refractivity contribution is 0.283. The zero-order chi connectivity index (χ0) is 9.23. The predicted octanol–water partition coefficient (Wildman–Crippen LogP) is 0.461. The van der Waals surface area contributed by atoms with Gasteiger partial charge in [-0.1, -0.05) is 24.6 Å². The van der Waals surface area contributed by atoms with Crippen LogP contribution in [-0.2, 0) is 0 Å². The van der Waals surface area contributed by atoms with Crippen molar-refractivity contribution in [2.24, 2.45) is 16.7 Å². The molecule has 0 aromatic heterocycles. The molecule has 0 saturated heterocycles. The fourth-order valence-corrected chi connectivity index (χ4v) is 1.41. The maximum absolute atomic E-state index is 8.49. The molecule has 0 aliphatic rings. The van der Waals surface area contributed by atoms with Gasteiger partial charge in [-0.2, -0.15) is 5.10 Å². The maximum Gasteiger partial charge on any atom is 0.177 e. The van der Waals surface area contributed by atoms with Gasteiger partial charge in [0.2, 0.25) is 0 Å². The van der Waals surface area contributed by atoms with E-state index in [2.05, 4.69) is 5.10 Å². The number of nitrogens with zero attached hydrogens (tertiary/aromatic N) is 1. The van der Waals surface area contributed by atoms with E-state index >= 15 is 0 Å². The summed E-state index contributed by atoms with van der Waals surface area (Å²) in [7, 11) is 0. The van der Waals surface area contributed by atoms with E-state index in [-0.39, 0.29) is 0 Å². The van der Waals surface area contributed by atoms with Crippen LogP contribution in [0.5, 0.6) is 0 Å². The van der Waals surface area contributed by atoms with Gasteiger partial charge in [-0.3, -0.25) is 0 Å². The van der Waals surface area contributed by atoms with E-state index < -0.39 is 0 Å². The standard InChI is InChI=1S/C7H17N3OS/c8-7(10-9)12-6-4-2-1-3-5-11/h11H,1-6,9H2,(H2,8,10). The van der Waals surface area contributed by atoms with Crippen LogP contribution in [0.3, 0.4) is 0 Å². The van der Waals surface area contributed by atoms with Crippen LogP contribution in [0, 0.1) is 0 Å². The first-order valence-electron chi connectivity index (χ1n) is 4.08. The molecule has 0 radical (unpaired) electrons. The molecule has 5 N–H and O–H groups in total. The number of aliphatic hydroxyl groups is 1. The SMILES string of the molecule is NN=C(N)SCCCCCCO. The summed E-state index contributed by atoms with van der Waals surface area (Å²) in [5, 5.41) is 12.3. The number of rotatable bonds is 6. The first-order valence-corrected chi connectivity index (χ1v) is 5.07. The van der Waals surface area contributed by atoms with Gasteiger partial charge >= 0.3 is 0 Å². The molecule has 0 spiro atoms. The Morgan fingerprint density at radius 3 is 2.50 bits per heavy atom. The van der Waals surface area contributed by atoms with Crippen molar-refractivity contribution in [1.29, 1.82) is 0 Å². The second-order valence-corrected chi connectivity index (χ2v) is 3.57. The van der Waals surface area contributed by atoms with Gasteiger partial charge in [-0.15, -0.1) is 0 Å². The molecule has 5 heteroatoms. The smallest absolute Gasteiger partial charge is 0.177 e. The molecule has 0 aromatic carbocycles. The molecule has 0 saturated carbocycles. The van der Waals surface area contributed by atoms with Gasteiger partial charge in [0.1, 0.15) is 0 Å². The summed E-state index contributed by atoms with van der Waals surface area (Å²) in [5.41, 5.74) is 5.36. The number of nitrogens with two attached hydrogens (primary N) is 2. The molecule has 0 aliphatic carbocycles. The number of hydrazone groups is 1. The highest BCUT2D eigenvalue weighted by molar-refractivity contribution is 8.13. The van der Waals surface area contributed by atoms with Crippen LogP contribution in [0.15, 0.2) is 5.10 Å². The average Bonchev–Trinajstić information content (AvgIpc) is 2.10. The second-order valence-electron chi connectivity index (χ2n) is 2.45. The minimum Gasteiger partial charge on any atom is -0.396 e. The molecule has 0 aromatic rings. The highest BCUT2D eigenvalue weighted by Crippen LogP contribution is 2.06. The number of unbranched alkanes of at least 4 members (excludes halogenated alkanes) is 3. The maximum atomic E-state index is 8.49. The molecule has 0 bridgehead atoms. The van der Waals surface area contributed by atoms with E-state index in [4.69, 9.17) is 16.7 Å². The molecule has 0 amide bonds. The molecule has 12 heavy (non-hydrogen) atoms. The summed E-state index contributed by atoms with van der Waals surface area (Å²) in [6.07, 6.45) is 4.20. The summed E-state index contributed by atoms with van der Waals surface area (Å²) in [5.74, 6) is 5.90. The van der Waals surface area contributed by atoms with Gasteiger partial charge in [0, 0.05) is 12.4 Å². The van der Waals surface area contributed by atoms with Crippen LogP contribution < -0.4 is 11.6 Å². The van der Waals surface area contributed by atoms with Crippen molar-refractivity contribution < 1.29 is 5.11 Å². The zero-order valence-corrected chi connectivity index (χ0v) is 8.02. The highest BCUT2D eigenvalue weighted by Gasteiger charge is 1.93. The topological polar surface area (TPSA) is 84.6 Å². The Morgan fingerprint density at radius 2 is 1.92 bits per heavy atom. The molecule has 72 valence electrons. The van der Waals surface area contributed by atoms with Gasteiger partial charge in [-0.05, 0) is 12.8 Å². The van der Waals surface area contributed by atoms with Crippen LogP contribution in [0.4, 0.5) is 0 Å². The largest absolute Gasteiger partial charge is 0.396 e. The van der Waals surface area contributed by atoms with E-state index in [1.807, 2.05) is 0 Å². The Kier molecular flexibility index (Phi) is 8.37. The lowest BCUT2D eigenvalue weighted by atomic mass is 10.2. The van der Waals surface area contributed by atoms with Crippen LogP contribution in [0.2, 0.25) is 0 Å². The number of hydrogen-bond acceptors (Lipinski definition) is 4. The lowest BCUT2D eigenvalue weighted by Crippen LogP contribution is -2.09. The third-order valence-electron chi connectivity index (χ3n) is 1.43. The summed E-state index contributed by atoms with van der Waals surface area (Å²) in [6, 6.07) is 0. The van der Waals surface area contributed by atoms with Crippen molar-refractivity contribution in [3.8, 4) is 0 Å². The Balaban J connectivity index is 3.00. The molecular weight excluding hydrogens is 174 g/mol. The Morgan fingerprint density at radius 1 is 1.25 bits per heavy atom. The third-order valence-corrected chi connectivity index (χ3v) is 2.32. The second kappa shape index (κ2) is 8.67. The van der Waals surface area contributed by atoms with Crippen LogP contribution in [0.1, 0.15) is 25.7 Å². The number of thioether (sulfide) groups is 1. The van der Waals surface area contributed by atoms with E-state index in [0.29, 0.717) is 11.8 Å². The summed E-state index contributed by atoms with van der Waals surface area (Å²) in [4.78, 5) is 0. The molecule has 0 unspecified atom stereocenters. The molecule has 0 aliphatic heterocycles. The molecule has 0 rings (SSSR count).